The summed E-state index contributed by atoms with van der Waals surface area (Å²) in [6.45, 7) is 6.66. The average Bonchev–Trinajstić information content (AvgIpc) is 2.34. The summed E-state index contributed by atoms with van der Waals surface area (Å²) in [6, 6.07) is 0. The Morgan fingerprint density at radius 2 is 2.06 bits per heavy atom. The van der Waals surface area contributed by atoms with Gasteiger partial charge in [0.15, 0.2) is 0 Å². The first-order chi connectivity index (χ1) is 8.13. The fourth-order valence-corrected chi connectivity index (χ4v) is 2.09. The molecule has 1 aliphatic heterocycles. The van der Waals surface area contributed by atoms with Crippen LogP contribution in [0, 0.1) is 17.8 Å². The number of hydrogen-bond donors (Lipinski definition) is 1. The first-order valence-corrected chi connectivity index (χ1v) is 6.58. The Morgan fingerprint density at radius 1 is 1.41 bits per heavy atom. The zero-order valence-corrected chi connectivity index (χ0v) is 11.0. The lowest BCUT2D eigenvalue weighted by atomic mass is 9.97. The van der Waals surface area contributed by atoms with Crippen LogP contribution in [0.25, 0.3) is 0 Å². The molecule has 4 heteroatoms. The number of nitrogens with two attached hydrogens (primary N) is 1. The Kier molecular flexibility index (Phi) is 6.52. The zero-order valence-electron chi connectivity index (χ0n) is 11.0. The van der Waals surface area contributed by atoms with Gasteiger partial charge in [-0.25, -0.2) is 0 Å². The number of rotatable bonds is 6. The molecule has 0 spiro atoms. The smallest absolute Gasteiger partial charge is 0.310 e. The monoisotopic (exact) mass is 243 g/mol. The summed E-state index contributed by atoms with van der Waals surface area (Å²) in [5, 5.41) is 0. The topological polar surface area (TPSA) is 61.6 Å². The summed E-state index contributed by atoms with van der Waals surface area (Å²) in [5.74, 6) is 0.659. The lowest BCUT2D eigenvalue weighted by Gasteiger charge is -2.23. The summed E-state index contributed by atoms with van der Waals surface area (Å²) < 4.78 is 10.6. The van der Waals surface area contributed by atoms with Gasteiger partial charge in [0.05, 0.1) is 12.5 Å². The third-order valence-electron chi connectivity index (χ3n) is 3.18. The Bertz CT molecular complexity index is 225. The maximum Gasteiger partial charge on any atom is 0.310 e. The molecule has 0 aliphatic carbocycles. The highest BCUT2D eigenvalue weighted by Crippen LogP contribution is 2.17. The van der Waals surface area contributed by atoms with Gasteiger partial charge in [0.1, 0.15) is 0 Å². The van der Waals surface area contributed by atoms with Crippen molar-refractivity contribution >= 4 is 5.97 Å². The predicted octanol–water partition coefficient (Wildman–Crippen LogP) is 1.58. The molecule has 1 unspecified atom stereocenters. The van der Waals surface area contributed by atoms with E-state index in [1.165, 1.54) is 0 Å². The molecule has 1 saturated heterocycles. The molecule has 2 N–H and O–H groups in total. The van der Waals surface area contributed by atoms with E-state index in [4.69, 9.17) is 15.2 Å². The molecule has 100 valence electrons. The minimum Gasteiger partial charge on any atom is -0.465 e. The average molecular weight is 243 g/mol. The molecule has 17 heavy (non-hydrogen) atoms. The van der Waals surface area contributed by atoms with E-state index >= 15 is 0 Å². The van der Waals surface area contributed by atoms with Crippen LogP contribution in [0.15, 0.2) is 0 Å². The van der Waals surface area contributed by atoms with Gasteiger partial charge in [-0.05, 0) is 31.1 Å². The normalized spacial score (nSPS) is 19.3. The maximum absolute atomic E-state index is 11.8. The second-order valence-corrected chi connectivity index (χ2v) is 5.25. The van der Waals surface area contributed by atoms with Gasteiger partial charge in [-0.2, -0.15) is 0 Å². The molecule has 1 aliphatic rings. The number of ether oxygens (including phenoxy) is 2. The number of carbonyl (C=O) groups is 1. The molecule has 0 aromatic rings. The van der Waals surface area contributed by atoms with E-state index in [0.29, 0.717) is 25.0 Å². The third kappa shape index (κ3) is 5.50. The van der Waals surface area contributed by atoms with E-state index in [2.05, 4.69) is 13.8 Å². The van der Waals surface area contributed by atoms with Crippen LogP contribution in [-0.4, -0.2) is 32.3 Å². The highest BCUT2D eigenvalue weighted by atomic mass is 16.5. The van der Waals surface area contributed by atoms with E-state index < -0.39 is 0 Å². The van der Waals surface area contributed by atoms with E-state index in [1.54, 1.807) is 0 Å². The summed E-state index contributed by atoms with van der Waals surface area (Å²) >= 11 is 0. The van der Waals surface area contributed by atoms with E-state index in [1.807, 2.05) is 0 Å². The van der Waals surface area contributed by atoms with Crippen LogP contribution < -0.4 is 5.73 Å². The molecule has 0 aromatic carbocycles. The van der Waals surface area contributed by atoms with Gasteiger partial charge in [0.2, 0.25) is 0 Å². The maximum atomic E-state index is 11.8. The summed E-state index contributed by atoms with van der Waals surface area (Å²) in [4.78, 5) is 11.8. The second kappa shape index (κ2) is 7.67. The van der Waals surface area contributed by atoms with Gasteiger partial charge < -0.3 is 15.2 Å². The SMILES string of the molecule is CC(C)CC(CN)C(=O)OCC1CCOCC1. The molecular formula is C13H25NO3. The molecular weight excluding hydrogens is 218 g/mol. The summed E-state index contributed by atoms with van der Waals surface area (Å²) in [6.07, 6.45) is 2.79. The molecule has 1 atom stereocenters. The highest BCUT2D eigenvalue weighted by Gasteiger charge is 2.22. The molecule has 0 bridgehead atoms. The fraction of sp³-hybridized carbons (Fsp3) is 0.923. The predicted molar refractivity (Wildman–Crippen MR) is 66.5 cm³/mol. The largest absolute Gasteiger partial charge is 0.465 e. The van der Waals surface area contributed by atoms with Crippen molar-refractivity contribution in [2.75, 3.05) is 26.4 Å². The molecule has 0 saturated carbocycles. The minimum absolute atomic E-state index is 0.132. The van der Waals surface area contributed by atoms with Crippen molar-refractivity contribution in [3.8, 4) is 0 Å². The van der Waals surface area contributed by atoms with Crippen molar-refractivity contribution in [1.29, 1.82) is 0 Å². The first-order valence-electron chi connectivity index (χ1n) is 6.58. The Hall–Kier alpha value is -0.610. The molecule has 4 nitrogen and oxygen atoms in total. The summed E-state index contributed by atoms with van der Waals surface area (Å²) in [5.41, 5.74) is 5.61. The van der Waals surface area contributed by atoms with Gasteiger partial charge in [0.25, 0.3) is 0 Å². The lowest BCUT2D eigenvalue weighted by Crippen LogP contribution is -2.29. The molecule has 0 radical (unpaired) electrons. The van der Waals surface area contributed by atoms with Crippen molar-refractivity contribution in [3.05, 3.63) is 0 Å². The van der Waals surface area contributed by atoms with Crippen molar-refractivity contribution in [3.63, 3.8) is 0 Å². The Balaban J connectivity index is 2.26. The Labute approximate surface area is 104 Å². The van der Waals surface area contributed by atoms with Crippen molar-refractivity contribution in [1.82, 2.24) is 0 Å². The number of esters is 1. The van der Waals surface area contributed by atoms with E-state index in [-0.39, 0.29) is 11.9 Å². The highest BCUT2D eigenvalue weighted by molar-refractivity contribution is 5.72. The number of carbonyl (C=O) groups excluding carboxylic acids is 1. The van der Waals surface area contributed by atoms with E-state index in [9.17, 15) is 4.79 Å². The summed E-state index contributed by atoms with van der Waals surface area (Å²) in [7, 11) is 0. The van der Waals surface area contributed by atoms with Crippen LogP contribution in [0.5, 0.6) is 0 Å². The van der Waals surface area contributed by atoms with Crippen molar-refractivity contribution in [2.45, 2.75) is 33.1 Å². The van der Waals surface area contributed by atoms with Crippen molar-refractivity contribution < 1.29 is 14.3 Å². The molecule has 0 amide bonds. The van der Waals surface area contributed by atoms with Gasteiger partial charge in [-0.3, -0.25) is 4.79 Å². The standard InChI is InChI=1S/C13H25NO3/c1-10(2)7-12(8-14)13(15)17-9-11-3-5-16-6-4-11/h10-12H,3-9,14H2,1-2H3. The number of hydrogen-bond acceptors (Lipinski definition) is 4. The van der Waals surface area contributed by atoms with Crippen LogP contribution >= 0.6 is 0 Å². The quantitative estimate of drug-likeness (QED) is 0.719. The zero-order chi connectivity index (χ0) is 12.7. The molecule has 1 heterocycles. The van der Waals surface area contributed by atoms with Gasteiger partial charge in [0, 0.05) is 19.8 Å². The Morgan fingerprint density at radius 3 is 2.59 bits per heavy atom. The third-order valence-corrected chi connectivity index (χ3v) is 3.18. The van der Waals surface area contributed by atoms with Gasteiger partial charge >= 0.3 is 5.97 Å². The molecule has 1 fully saturated rings. The van der Waals surface area contributed by atoms with Crippen molar-refractivity contribution in [2.24, 2.45) is 23.5 Å². The van der Waals surface area contributed by atoms with Crippen LogP contribution in [0.2, 0.25) is 0 Å². The second-order valence-electron chi connectivity index (χ2n) is 5.25. The first kappa shape index (κ1) is 14.5. The minimum atomic E-state index is -0.144. The molecule has 1 rings (SSSR count). The van der Waals surface area contributed by atoms with Crippen LogP contribution in [-0.2, 0) is 14.3 Å². The van der Waals surface area contributed by atoms with Crippen LogP contribution in [0.1, 0.15) is 33.1 Å². The van der Waals surface area contributed by atoms with Gasteiger partial charge in [-0.1, -0.05) is 13.8 Å². The van der Waals surface area contributed by atoms with E-state index in [0.717, 1.165) is 32.5 Å². The van der Waals surface area contributed by atoms with Crippen LogP contribution in [0.3, 0.4) is 0 Å². The fourth-order valence-electron chi connectivity index (χ4n) is 2.09. The van der Waals surface area contributed by atoms with Gasteiger partial charge in [-0.15, -0.1) is 0 Å². The van der Waals surface area contributed by atoms with Crippen LogP contribution in [0.4, 0.5) is 0 Å². The lowest BCUT2D eigenvalue weighted by molar-refractivity contribution is -0.151. The molecule has 0 aromatic heterocycles.